The highest BCUT2D eigenvalue weighted by Crippen LogP contribution is 2.40. The minimum Gasteiger partial charge on any atom is -0.493 e. The first-order valence-electron chi connectivity index (χ1n) is 10.3. The summed E-state index contributed by atoms with van der Waals surface area (Å²) in [5.74, 6) is 2.06. The van der Waals surface area contributed by atoms with E-state index in [1.165, 1.54) is 11.1 Å². The van der Waals surface area contributed by atoms with Crippen molar-refractivity contribution in [3.05, 3.63) is 52.8 Å². The van der Waals surface area contributed by atoms with Crippen LogP contribution in [0.3, 0.4) is 0 Å². The van der Waals surface area contributed by atoms with E-state index >= 15 is 0 Å². The number of nitrogens with zero attached hydrogens (tertiary/aromatic N) is 1. The second-order valence-corrected chi connectivity index (χ2v) is 8.04. The molecule has 0 saturated carbocycles. The number of amides is 1. The Morgan fingerprint density at radius 3 is 2.35 bits per heavy atom. The zero-order valence-corrected chi connectivity index (χ0v) is 19.4. The van der Waals surface area contributed by atoms with Crippen LogP contribution in [0.5, 0.6) is 17.2 Å². The van der Waals surface area contributed by atoms with Crippen LogP contribution in [0.4, 0.5) is 0 Å². The molecule has 31 heavy (non-hydrogen) atoms. The Balaban J connectivity index is 1.83. The van der Waals surface area contributed by atoms with Crippen molar-refractivity contribution in [3.63, 3.8) is 0 Å². The van der Waals surface area contributed by atoms with Crippen molar-refractivity contribution < 1.29 is 23.4 Å². The van der Waals surface area contributed by atoms with Crippen molar-refractivity contribution in [1.29, 1.82) is 0 Å². The van der Waals surface area contributed by atoms with Crippen molar-refractivity contribution in [2.75, 3.05) is 28.4 Å². The van der Waals surface area contributed by atoms with Gasteiger partial charge in [-0.25, -0.2) is 0 Å². The van der Waals surface area contributed by atoms with Crippen molar-refractivity contribution in [2.24, 2.45) is 0 Å². The largest absolute Gasteiger partial charge is 0.493 e. The molecule has 2 aromatic carbocycles. The van der Waals surface area contributed by atoms with Gasteiger partial charge in [0.1, 0.15) is 5.58 Å². The van der Waals surface area contributed by atoms with Gasteiger partial charge in [-0.15, -0.1) is 0 Å². The fraction of sp³-hybridized carbons (Fsp3) is 0.400. The van der Waals surface area contributed by atoms with Gasteiger partial charge in [0.25, 0.3) is 0 Å². The molecule has 0 spiro atoms. The summed E-state index contributed by atoms with van der Waals surface area (Å²) in [5.41, 5.74) is 5.02. The molecule has 0 saturated heterocycles. The topological polar surface area (TPSA) is 61.1 Å². The van der Waals surface area contributed by atoms with Crippen LogP contribution in [0.25, 0.3) is 11.0 Å². The van der Waals surface area contributed by atoms with Crippen LogP contribution >= 0.6 is 0 Å². The number of likely N-dealkylation sites (N-methyl/N-ethyl adjacent to an activating group) is 1. The molecule has 1 aromatic heterocycles. The number of aryl methyl sites for hydroxylation is 1. The third kappa shape index (κ3) is 4.48. The number of ether oxygens (including phenoxy) is 3. The van der Waals surface area contributed by atoms with Gasteiger partial charge < -0.3 is 23.5 Å². The van der Waals surface area contributed by atoms with Gasteiger partial charge in [0.15, 0.2) is 11.5 Å². The monoisotopic (exact) mass is 425 g/mol. The maximum absolute atomic E-state index is 13.0. The van der Waals surface area contributed by atoms with Crippen molar-refractivity contribution in [2.45, 2.75) is 39.7 Å². The predicted molar refractivity (Wildman–Crippen MR) is 121 cm³/mol. The lowest BCUT2D eigenvalue weighted by Crippen LogP contribution is -2.27. The average Bonchev–Trinajstić information content (AvgIpc) is 3.13. The highest BCUT2D eigenvalue weighted by atomic mass is 16.5. The molecule has 0 bridgehead atoms. The molecular weight excluding hydrogens is 394 g/mol. The van der Waals surface area contributed by atoms with Crippen molar-refractivity contribution >= 4 is 16.9 Å². The van der Waals surface area contributed by atoms with E-state index in [9.17, 15) is 4.79 Å². The van der Waals surface area contributed by atoms with Gasteiger partial charge in [0, 0.05) is 30.1 Å². The second-order valence-electron chi connectivity index (χ2n) is 8.04. The number of rotatable bonds is 8. The Hall–Kier alpha value is -3.15. The van der Waals surface area contributed by atoms with E-state index in [2.05, 4.69) is 32.9 Å². The lowest BCUT2D eigenvalue weighted by atomic mass is 9.95. The molecule has 0 fully saturated rings. The first kappa shape index (κ1) is 22.5. The van der Waals surface area contributed by atoms with E-state index in [4.69, 9.17) is 18.6 Å². The Bertz CT molecular complexity index is 1080. The van der Waals surface area contributed by atoms with Crippen LogP contribution < -0.4 is 14.2 Å². The van der Waals surface area contributed by atoms with E-state index in [-0.39, 0.29) is 12.3 Å². The molecule has 1 heterocycles. The van der Waals surface area contributed by atoms with E-state index in [1.54, 1.807) is 39.5 Å². The van der Waals surface area contributed by atoms with Crippen LogP contribution in [0.2, 0.25) is 0 Å². The van der Waals surface area contributed by atoms with Gasteiger partial charge in [0.2, 0.25) is 11.7 Å². The van der Waals surface area contributed by atoms with Crippen LogP contribution in [-0.2, 0) is 17.8 Å². The SMILES string of the molecule is COc1ccc(CN(C)C(=O)Cc2coc3cc(C)c(C(C)C)cc23)c(OC)c1OC. The Labute approximate surface area is 183 Å². The van der Waals surface area contributed by atoms with Crippen molar-refractivity contribution in [3.8, 4) is 17.2 Å². The van der Waals surface area contributed by atoms with E-state index in [0.717, 1.165) is 22.1 Å². The summed E-state index contributed by atoms with van der Waals surface area (Å²) in [4.78, 5) is 14.7. The number of fused-ring (bicyclic) bond motifs is 1. The summed E-state index contributed by atoms with van der Waals surface area (Å²) < 4.78 is 22.1. The molecule has 0 atom stereocenters. The average molecular weight is 426 g/mol. The van der Waals surface area contributed by atoms with Gasteiger partial charge in [-0.1, -0.05) is 13.8 Å². The number of hydrogen-bond donors (Lipinski definition) is 0. The van der Waals surface area contributed by atoms with Gasteiger partial charge in [-0.05, 0) is 48.2 Å². The summed E-state index contributed by atoms with van der Waals surface area (Å²) in [6.07, 6.45) is 1.96. The molecule has 0 radical (unpaired) electrons. The Morgan fingerprint density at radius 1 is 1.03 bits per heavy atom. The van der Waals surface area contributed by atoms with Gasteiger partial charge in [-0.3, -0.25) is 4.79 Å². The molecule has 1 amide bonds. The van der Waals surface area contributed by atoms with Crippen molar-refractivity contribution in [1.82, 2.24) is 4.90 Å². The zero-order chi connectivity index (χ0) is 22.7. The minimum absolute atomic E-state index is 0.00814. The molecule has 3 rings (SSSR count). The molecule has 0 aliphatic rings. The number of benzene rings is 2. The number of methoxy groups -OCH3 is 3. The quantitative estimate of drug-likeness (QED) is 0.503. The van der Waals surface area contributed by atoms with Gasteiger partial charge >= 0.3 is 0 Å². The Kier molecular flexibility index (Phi) is 6.78. The summed E-state index contributed by atoms with van der Waals surface area (Å²) in [5, 5.41) is 1.000. The minimum atomic E-state index is -0.00814. The predicted octanol–water partition coefficient (Wildman–Crippen LogP) is 5.09. The summed E-state index contributed by atoms with van der Waals surface area (Å²) in [6, 6.07) is 7.90. The smallest absolute Gasteiger partial charge is 0.227 e. The molecule has 0 aliphatic carbocycles. The fourth-order valence-electron chi connectivity index (χ4n) is 3.93. The first-order valence-corrected chi connectivity index (χ1v) is 10.3. The van der Waals surface area contributed by atoms with Crippen LogP contribution in [-0.4, -0.2) is 39.2 Å². The molecule has 0 N–H and O–H groups in total. The van der Waals surface area contributed by atoms with Gasteiger partial charge in [-0.2, -0.15) is 0 Å². The molecule has 3 aromatic rings. The molecule has 0 unspecified atom stereocenters. The number of carbonyl (C=O) groups is 1. The molecule has 166 valence electrons. The third-order valence-corrected chi connectivity index (χ3v) is 5.63. The lowest BCUT2D eigenvalue weighted by Gasteiger charge is -2.21. The number of furan rings is 1. The summed E-state index contributed by atoms with van der Waals surface area (Å²) in [7, 11) is 6.50. The number of carbonyl (C=O) groups excluding carboxylic acids is 1. The maximum Gasteiger partial charge on any atom is 0.227 e. The van der Waals surface area contributed by atoms with E-state index in [0.29, 0.717) is 29.7 Å². The standard InChI is InChI=1S/C25H31NO5/c1-15(2)19-12-20-18(14-31-22(20)10-16(19)3)11-23(27)26(4)13-17-8-9-21(28-5)25(30-7)24(17)29-6/h8-10,12,14-15H,11,13H2,1-7H3. The molecular formula is C25H31NO5. The fourth-order valence-corrected chi connectivity index (χ4v) is 3.93. The third-order valence-electron chi connectivity index (χ3n) is 5.63. The lowest BCUT2D eigenvalue weighted by molar-refractivity contribution is -0.129. The highest BCUT2D eigenvalue weighted by Gasteiger charge is 2.20. The van der Waals surface area contributed by atoms with E-state index in [1.807, 2.05) is 12.1 Å². The molecule has 6 nitrogen and oxygen atoms in total. The Morgan fingerprint density at radius 2 is 1.74 bits per heavy atom. The number of hydrogen-bond acceptors (Lipinski definition) is 5. The van der Waals surface area contributed by atoms with Crippen LogP contribution in [0, 0.1) is 6.92 Å². The zero-order valence-electron chi connectivity index (χ0n) is 19.4. The van der Waals surface area contributed by atoms with E-state index < -0.39 is 0 Å². The first-order chi connectivity index (χ1) is 14.8. The maximum atomic E-state index is 13.0. The second kappa shape index (κ2) is 9.33. The molecule has 6 heteroatoms. The molecule has 0 aliphatic heterocycles. The summed E-state index contributed by atoms with van der Waals surface area (Å²) in [6.45, 7) is 6.81. The van der Waals surface area contributed by atoms with Crippen LogP contribution in [0.15, 0.2) is 34.9 Å². The van der Waals surface area contributed by atoms with Crippen LogP contribution in [0.1, 0.15) is 42.0 Å². The summed E-state index contributed by atoms with van der Waals surface area (Å²) >= 11 is 0. The van der Waals surface area contributed by atoms with Gasteiger partial charge in [0.05, 0.1) is 34.0 Å². The highest BCUT2D eigenvalue weighted by molar-refractivity contribution is 5.88. The normalized spacial score (nSPS) is 11.1.